The van der Waals surface area contributed by atoms with Gasteiger partial charge in [0.1, 0.15) is 5.82 Å². The molecule has 1 heterocycles. The molecule has 3 aromatic carbocycles. The third kappa shape index (κ3) is 7.54. The van der Waals surface area contributed by atoms with Crippen LogP contribution in [0.3, 0.4) is 0 Å². The molecule has 0 aromatic heterocycles. The van der Waals surface area contributed by atoms with Gasteiger partial charge in [-0.25, -0.2) is 8.78 Å². The number of allylic oxidation sites excluding steroid dienone is 2. The van der Waals surface area contributed by atoms with Gasteiger partial charge in [0.25, 0.3) is 0 Å². The van der Waals surface area contributed by atoms with E-state index >= 15 is 4.39 Å². The van der Waals surface area contributed by atoms with Gasteiger partial charge in [0.15, 0.2) is 11.6 Å². The maximum Gasteiger partial charge on any atom is 0.201 e. The van der Waals surface area contributed by atoms with Crippen molar-refractivity contribution in [3.8, 4) is 28.0 Å². The smallest absolute Gasteiger partial charge is 0.201 e. The van der Waals surface area contributed by atoms with Crippen LogP contribution in [0, 0.1) is 17.5 Å². The van der Waals surface area contributed by atoms with Gasteiger partial charge in [0.2, 0.25) is 5.82 Å². The van der Waals surface area contributed by atoms with Crippen LogP contribution >= 0.6 is 0 Å². The monoisotopic (exact) mass is 536 g/mol. The number of benzene rings is 3. The van der Waals surface area contributed by atoms with Crippen LogP contribution in [0.15, 0.2) is 66.7 Å². The molecular formula is C34H39F3O2. The first-order valence-electron chi connectivity index (χ1n) is 14.3. The summed E-state index contributed by atoms with van der Waals surface area (Å²) in [6.45, 7) is 5.11. The van der Waals surface area contributed by atoms with Gasteiger partial charge < -0.3 is 9.47 Å². The summed E-state index contributed by atoms with van der Waals surface area (Å²) < 4.78 is 56.2. The lowest BCUT2D eigenvalue weighted by molar-refractivity contribution is -0.000225. The minimum absolute atomic E-state index is 0.0703. The van der Waals surface area contributed by atoms with Crippen LogP contribution in [0.25, 0.3) is 22.3 Å². The van der Waals surface area contributed by atoms with Crippen molar-refractivity contribution in [3.05, 3.63) is 89.8 Å². The number of hydrogen-bond donors (Lipinski definition) is 0. The predicted molar refractivity (Wildman–Crippen MR) is 153 cm³/mol. The minimum Gasteiger partial charge on any atom is -0.490 e. The zero-order valence-electron chi connectivity index (χ0n) is 23.0. The van der Waals surface area contributed by atoms with E-state index in [9.17, 15) is 8.78 Å². The lowest BCUT2D eigenvalue weighted by atomic mass is 9.89. The Bertz CT molecular complexity index is 1230. The first kappa shape index (κ1) is 28.9. The van der Waals surface area contributed by atoms with E-state index in [0.717, 1.165) is 56.9 Å². The molecule has 0 N–H and O–H groups in total. The second kappa shape index (κ2) is 14.4. The molecule has 5 heteroatoms. The summed E-state index contributed by atoms with van der Waals surface area (Å²) in [6.07, 6.45) is 12.5. The molecule has 39 heavy (non-hydrogen) atoms. The maximum atomic E-state index is 15.2. The van der Waals surface area contributed by atoms with Crippen LogP contribution in [0.5, 0.6) is 5.75 Å². The summed E-state index contributed by atoms with van der Waals surface area (Å²) in [7, 11) is 0. The number of halogens is 3. The molecule has 1 aliphatic rings. The Kier molecular flexibility index (Phi) is 10.7. The Morgan fingerprint density at radius 2 is 1.62 bits per heavy atom. The van der Waals surface area contributed by atoms with E-state index in [-0.39, 0.29) is 29.2 Å². The first-order chi connectivity index (χ1) is 19.0. The van der Waals surface area contributed by atoms with Gasteiger partial charge in [-0.1, -0.05) is 74.7 Å². The molecule has 208 valence electrons. The van der Waals surface area contributed by atoms with Crippen LogP contribution in [-0.4, -0.2) is 19.3 Å². The summed E-state index contributed by atoms with van der Waals surface area (Å²) in [5.74, 6) is -2.10. The molecule has 1 saturated heterocycles. The SMILES string of the molecule is CC=CCCC1CCC(c2ccc(-c3ccc(-c4ccc(OCCCCCC)c(F)c4F)cc3)c(F)c2)CO1. The Hall–Kier alpha value is -3.05. The summed E-state index contributed by atoms with van der Waals surface area (Å²) in [6, 6.07) is 15.2. The highest BCUT2D eigenvalue weighted by atomic mass is 19.2. The fourth-order valence-corrected chi connectivity index (χ4v) is 5.17. The highest BCUT2D eigenvalue weighted by Crippen LogP contribution is 2.34. The highest BCUT2D eigenvalue weighted by molar-refractivity contribution is 5.71. The van der Waals surface area contributed by atoms with E-state index in [0.29, 0.717) is 29.9 Å². The van der Waals surface area contributed by atoms with Crippen molar-refractivity contribution in [2.24, 2.45) is 0 Å². The van der Waals surface area contributed by atoms with E-state index in [2.05, 4.69) is 19.1 Å². The van der Waals surface area contributed by atoms with Gasteiger partial charge >= 0.3 is 0 Å². The summed E-state index contributed by atoms with van der Waals surface area (Å²) in [5.41, 5.74) is 2.77. The van der Waals surface area contributed by atoms with Crippen LogP contribution < -0.4 is 4.74 Å². The van der Waals surface area contributed by atoms with Crippen LogP contribution in [0.2, 0.25) is 0 Å². The molecule has 0 saturated carbocycles. The Balaban J connectivity index is 1.40. The fourth-order valence-electron chi connectivity index (χ4n) is 5.17. The van der Waals surface area contributed by atoms with E-state index in [1.165, 1.54) is 12.1 Å². The third-order valence-corrected chi connectivity index (χ3v) is 7.54. The molecule has 0 aliphatic carbocycles. The fraction of sp³-hybridized carbons (Fsp3) is 0.412. The number of unbranched alkanes of at least 4 members (excludes halogenated alkanes) is 3. The number of ether oxygens (including phenoxy) is 2. The molecule has 1 fully saturated rings. The topological polar surface area (TPSA) is 18.5 Å². The normalized spacial score (nSPS) is 17.6. The van der Waals surface area contributed by atoms with Crippen molar-refractivity contribution in [3.63, 3.8) is 0 Å². The van der Waals surface area contributed by atoms with Crippen LogP contribution in [-0.2, 0) is 4.74 Å². The van der Waals surface area contributed by atoms with Gasteiger partial charge in [0.05, 0.1) is 19.3 Å². The number of rotatable bonds is 12. The van der Waals surface area contributed by atoms with Crippen LogP contribution in [0.1, 0.15) is 76.7 Å². The minimum atomic E-state index is -0.982. The molecule has 0 bridgehead atoms. The predicted octanol–water partition coefficient (Wildman–Crippen LogP) is 10.0. The van der Waals surface area contributed by atoms with Gasteiger partial charge in [-0.15, -0.1) is 0 Å². The zero-order chi connectivity index (χ0) is 27.6. The average molecular weight is 537 g/mol. The third-order valence-electron chi connectivity index (χ3n) is 7.54. The maximum absolute atomic E-state index is 15.2. The van der Waals surface area contributed by atoms with Gasteiger partial charge in [0, 0.05) is 17.0 Å². The van der Waals surface area contributed by atoms with Crippen molar-refractivity contribution in [1.82, 2.24) is 0 Å². The van der Waals surface area contributed by atoms with Crippen molar-refractivity contribution < 1.29 is 22.6 Å². The lowest BCUT2D eigenvalue weighted by Crippen LogP contribution is -2.24. The highest BCUT2D eigenvalue weighted by Gasteiger charge is 2.23. The standard InChI is InChI=1S/C34H39F3O2/c1-3-5-7-9-21-38-32-20-19-30(33(36)34(32)37)25-13-11-24(12-14-25)29-18-16-26(22-31(29)35)27-15-17-28(39-23-27)10-8-6-4-2/h4,6,11-14,16,18-20,22,27-28H,3,5,7-10,15,17,21,23H2,1-2H3. The Labute approximate surface area is 230 Å². The van der Waals surface area contributed by atoms with Crippen LogP contribution in [0.4, 0.5) is 13.2 Å². The molecule has 2 nitrogen and oxygen atoms in total. The van der Waals surface area contributed by atoms with Crippen molar-refractivity contribution in [1.29, 1.82) is 0 Å². The van der Waals surface area contributed by atoms with Gasteiger partial charge in [-0.2, -0.15) is 4.39 Å². The molecule has 0 spiro atoms. The summed E-state index contributed by atoms with van der Waals surface area (Å²) in [5, 5.41) is 0. The Morgan fingerprint density at radius 3 is 2.28 bits per heavy atom. The molecule has 1 aliphatic heterocycles. The molecular weight excluding hydrogens is 497 g/mol. The lowest BCUT2D eigenvalue weighted by Gasteiger charge is -2.29. The van der Waals surface area contributed by atoms with E-state index < -0.39 is 11.6 Å². The first-order valence-corrected chi connectivity index (χ1v) is 14.3. The van der Waals surface area contributed by atoms with Gasteiger partial charge in [-0.05, 0) is 73.9 Å². The van der Waals surface area contributed by atoms with Gasteiger partial charge in [-0.3, -0.25) is 0 Å². The molecule has 0 amide bonds. The summed E-state index contributed by atoms with van der Waals surface area (Å²) >= 11 is 0. The second-order valence-electron chi connectivity index (χ2n) is 10.3. The van der Waals surface area contributed by atoms with E-state index in [1.54, 1.807) is 36.4 Å². The van der Waals surface area contributed by atoms with Crippen molar-refractivity contribution >= 4 is 0 Å². The van der Waals surface area contributed by atoms with Crippen molar-refractivity contribution in [2.45, 2.75) is 77.2 Å². The second-order valence-corrected chi connectivity index (χ2v) is 10.3. The van der Waals surface area contributed by atoms with E-state index in [4.69, 9.17) is 9.47 Å². The summed E-state index contributed by atoms with van der Waals surface area (Å²) in [4.78, 5) is 0. The molecule has 0 radical (unpaired) electrons. The largest absolute Gasteiger partial charge is 0.490 e. The molecule has 3 aromatic rings. The van der Waals surface area contributed by atoms with Crippen molar-refractivity contribution in [2.75, 3.05) is 13.2 Å². The molecule has 2 unspecified atom stereocenters. The molecule has 2 atom stereocenters. The Morgan fingerprint density at radius 1 is 0.872 bits per heavy atom. The zero-order valence-corrected chi connectivity index (χ0v) is 23.0. The van der Waals surface area contributed by atoms with E-state index in [1.807, 2.05) is 13.0 Å². The average Bonchev–Trinajstić information content (AvgIpc) is 2.96. The quantitative estimate of drug-likeness (QED) is 0.169. The number of hydrogen-bond acceptors (Lipinski definition) is 2. The molecule has 4 rings (SSSR count).